The zero-order chi connectivity index (χ0) is 9.97. The van der Waals surface area contributed by atoms with E-state index in [0.29, 0.717) is 11.6 Å². The Kier molecular flexibility index (Phi) is 2.28. The Hall–Kier alpha value is -1.69. The van der Waals surface area contributed by atoms with E-state index in [9.17, 15) is 4.79 Å². The van der Waals surface area contributed by atoms with Crippen LogP contribution in [0.5, 0.6) is 0 Å². The number of aromatic nitrogens is 4. The fourth-order valence-electron chi connectivity index (χ4n) is 0.875. The molecule has 0 aliphatic heterocycles. The number of hydrogen-bond donors (Lipinski definition) is 1. The zero-order valence-electron chi connectivity index (χ0n) is 6.90. The molecule has 1 N–H and O–H groups in total. The second-order valence-electron chi connectivity index (χ2n) is 2.44. The van der Waals surface area contributed by atoms with E-state index in [-0.39, 0.29) is 17.3 Å². The average Bonchev–Trinajstić information content (AvgIpc) is 2.67. The van der Waals surface area contributed by atoms with Gasteiger partial charge in [-0.1, -0.05) is 0 Å². The molecular formula is C7H5ClN4O2. The van der Waals surface area contributed by atoms with E-state index < -0.39 is 0 Å². The molecule has 0 bridgehead atoms. The molecule has 0 aliphatic carbocycles. The first kappa shape index (κ1) is 8.89. The highest BCUT2D eigenvalue weighted by Gasteiger charge is 2.08. The van der Waals surface area contributed by atoms with Gasteiger partial charge in [0.2, 0.25) is 5.89 Å². The molecule has 14 heavy (non-hydrogen) atoms. The number of hydrogen-bond acceptors (Lipinski definition) is 5. The minimum Gasteiger partial charge on any atom is -0.418 e. The third-order valence-electron chi connectivity index (χ3n) is 1.48. The maximum absolute atomic E-state index is 10.7. The molecule has 72 valence electrons. The van der Waals surface area contributed by atoms with E-state index in [1.165, 1.54) is 12.1 Å². The zero-order valence-corrected chi connectivity index (χ0v) is 7.65. The van der Waals surface area contributed by atoms with Crippen LogP contribution in [-0.4, -0.2) is 20.4 Å². The van der Waals surface area contributed by atoms with Crippen molar-refractivity contribution in [2.75, 3.05) is 0 Å². The number of nitrogens with zero attached hydrogens (tertiary/aromatic N) is 3. The number of halogens is 1. The summed E-state index contributed by atoms with van der Waals surface area (Å²) >= 11 is 5.48. The van der Waals surface area contributed by atoms with Crippen molar-refractivity contribution in [2.24, 2.45) is 0 Å². The average molecular weight is 213 g/mol. The maximum atomic E-state index is 10.7. The SMILES string of the molecule is O=c1ccc(-c2nnc(CCl)o2)n[nH]1. The number of H-pyrrole nitrogens is 1. The topological polar surface area (TPSA) is 84.7 Å². The Morgan fingerprint density at radius 3 is 2.86 bits per heavy atom. The van der Waals surface area contributed by atoms with Gasteiger partial charge in [0.15, 0.2) is 0 Å². The lowest BCUT2D eigenvalue weighted by Gasteiger charge is -1.89. The van der Waals surface area contributed by atoms with Crippen molar-refractivity contribution in [1.82, 2.24) is 20.4 Å². The van der Waals surface area contributed by atoms with Crippen molar-refractivity contribution >= 4 is 11.6 Å². The molecule has 0 fully saturated rings. The minimum atomic E-state index is -0.286. The molecule has 2 rings (SSSR count). The van der Waals surface area contributed by atoms with Crippen molar-refractivity contribution < 1.29 is 4.42 Å². The molecule has 0 aromatic carbocycles. The summed E-state index contributed by atoms with van der Waals surface area (Å²) in [6, 6.07) is 2.82. The molecule has 0 saturated carbocycles. The van der Waals surface area contributed by atoms with Crippen LogP contribution in [0.15, 0.2) is 21.3 Å². The van der Waals surface area contributed by atoms with E-state index in [4.69, 9.17) is 16.0 Å². The highest BCUT2D eigenvalue weighted by atomic mass is 35.5. The maximum Gasteiger partial charge on any atom is 0.268 e. The van der Waals surface area contributed by atoms with Crippen LogP contribution in [0.4, 0.5) is 0 Å². The molecule has 2 heterocycles. The number of rotatable bonds is 2. The number of nitrogens with one attached hydrogen (secondary N) is 1. The standard InChI is InChI=1S/C7H5ClN4O2/c8-3-6-11-12-7(14-6)4-1-2-5(13)10-9-4/h1-2H,3H2,(H,10,13). The summed E-state index contributed by atoms with van der Waals surface area (Å²) in [7, 11) is 0. The Morgan fingerprint density at radius 1 is 1.43 bits per heavy atom. The van der Waals surface area contributed by atoms with Crippen LogP contribution in [0.25, 0.3) is 11.6 Å². The molecule has 0 atom stereocenters. The van der Waals surface area contributed by atoms with Crippen molar-refractivity contribution in [3.63, 3.8) is 0 Å². The molecule has 0 unspecified atom stereocenters. The summed E-state index contributed by atoms with van der Waals surface area (Å²) in [5.41, 5.74) is 0.124. The van der Waals surface area contributed by atoms with Crippen LogP contribution < -0.4 is 5.56 Å². The van der Waals surface area contributed by atoms with E-state index in [1.807, 2.05) is 0 Å². The van der Waals surface area contributed by atoms with E-state index >= 15 is 0 Å². The summed E-state index contributed by atoms with van der Waals surface area (Å²) in [4.78, 5) is 10.7. The van der Waals surface area contributed by atoms with Crippen LogP contribution in [0.1, 0.15) is 5.89 Å². The van der Waals surface area contributed by atoms with Crippen molar-refractivity contribution in [3.8, 4) is 11.6 Å². The molecule has 6 nitrogen and oxygen atoms in total. The quantitative estimate of drug-likeness (QED) is 0.736. The molecule has 0 spiro atoms. The van der Waals surface area contributed by atoms with Gasteiger partial charge in [-0.3, -0.25) is 4.79 Å². The molecule has 7 heteroatoms. The van der Waals surface area contributed by atoms with Gasteiger partial charge in [-0.05, 0) is 6.07 Å². The fourth-order valence-corrected chi connectivity index (χ4v) is 0.983. The molecule has 0 amide bonds. The number of alkyl halides is 1. The molecular weight excluding hydrogens is 208 g/mol. The third-order valence-corrected chi connectivity index (χ3v) is 1.71. The first-order valence-corrected chi connectivity index (χ1v) is 4.27. The summed E-state index contributed by atoms with van der Waals surface area (Å²) in [5, 5.41) is 13.3. The van der Waals surface area contributed by atoms with E-state index in [1.54, 1.807) is 0 Å². The fraction of sp³-hybridized carbons (Fsp3) is 0.143. The molecule has 0 saturated heterocycles. The van der Waals surface area contributed by atoms with Gasteiger partial charge in [0.25, 0.3) is 11.4 Å². The number of aromatic amines is 1. The summed E-state index contributed by atoms with van der Waals surface area (Å²) in [5.74, 6) is 0.697. The normalized spacial score (nSPS) is 10.4. The Bertz CT molecular complexity index is 472. The summed E-state index contributed by atoms with van der Waals surface area (Å²) < 4.78 is 5.12. The van der Waals surface area contributed by atoms with Gasteiger partial charge in [-0.15, -0.1) is 21.8 Å². The van der Waals surface area contributed by atoms with Crippen LogP contribution in [-0.2, 0) is 5.88 Å². The van der Waals surface area contributed by atoms with Gasteiger partial charge in [-0.2, -0.15) is 5.10 Å². The molecule has 2 aromatic rings. The van der Waals surface area contributed by atoms with Gasteiger partial charge in [0.1, 0.15) is 11.6 Å². The second kappa shape index (κ2) is 3.59. The smallest absolute Gasteiger partial charge is 0.268 e. The lowest BCUT2D eigenvalue weighted by atomic mass is 10.4. The van der Waals surface area contributed by atoms with Gasteiger partial charge < -0.3 is 4.42 Å². The van der Waals surface area contributed by atoms with Gasteiger partial charge in [0.05, 0.1) is 0 Å². The highest BCUT2D eigenvalue weighted by molar-refractivity contribution is 6.16. The largest absolute Gasteiger partial charge is 0.418 e. The van der Waals surface area contributed by atoms with Crippen molar-refractivity contribution in [3.05, 3.63) is 28.4 Å². The van der Waals surface area contributed by atoms with Crippen LogP contribution in [0.3, 0.4) is 0 Å². The summed E-state index contributed by atoms with van der Waals surface area (Å²) in [6.45, 7) is 0. The monoisotopic (exact) mass is 212 g/mol. The van der Waals surface area contributed by atoms with E-state index in [0.717, 1.165) is 0 Å². The Labute approximate surface area is 82.9 Å². The third kappa shape index (κ3) is 1.64. The predicted molar refractivity (Wildman–Crippen MR) is 47.7 cm³/mol. The summed E-state index contributed by atoms with van der Waals surface area (Å²) in [6.07, 6.45) is 0. The lowest BCUT2D eigenvalue weighted by Crippen LogP contribution is -2.05. The van der Waals surface area contributed by atoms with Gasteiger partial charge in [-0.25, -0.2) is 5.10 Å². The van der Waals surface area contributed by atoms with Crippen molar-refractivity contribution in [2.45, 2.75) is 5.88 Å². The first-order valence-electron chi connectivity index (χ1n) is 3.74. The lowest BCUT2D eigenvalue weighted by molar-refractivity contribution is 0.524. The van der Waals surface area contributed by atoms with Crippen LogP contribution in [0.2, 0.25) is 0 Å². The molecule has 0 aliphatic rings. The predicted octanol–water partition coefficient (Wildman–Crippen LogP) is 0.559. The van der Waals surface area contributed by atoms with Gasteiger partial charge >= 0.3 is 0 Å². The molecule has 0 radical (unpaired) electrons. The molecule has 2 aromatic heterocycles. The second-order valence-corrected chi connectivity index (χ2v) is 2.71. The van der Waals surface area contributed by atoms with E-state index in [2.05, 4.69) is 20.4 Å². The first-order chi connectivity index (χ1) is 6.79. The Morgan fingerprint density at radius 2 is 2.29 bits per heavy atom. The Balaban J connectivity index is 2.39. The minimum absolute atomic E-state index is 0.149. The van der Waals surface area contributed by atoms with Crippen molar-refractivity contribution in [1.29, 1.82) is 0 Å². The van der Waals surface area contributed by atoms with Crippen LogP contribution in [0, 0.1) is 0 Å². The van der Waals surface area contributed by atoms with Crippen LogP contribution >= 0.6 is 11.6 Å². The highest BCUT2D eigenvalue weighted by Crippen LogP contribution is 2.13. The van der Waals surface area contributed by atoms with Gasteiger partial charge in [0, 0.05) is 6.07 Å².